The lowest BCUT2D eigenvalue weighted by Crippen LogP contribution is -2.38. The van der Waals surface area contributed by atoms with Crippen LogP contribution in [-0.4, -0.2) is 24.6 Å². The van der Waals surface area contributed by atoms with Crippen LogP contribution in [0.25, 0.3) is 0 Å². The minimum absolute atomic E-state index is 0.0911. The predicted octanol–water partition coefficient (Wildman–Crippen LogP) is 3.22. The van der Waals surface area contributed by atoms with Crippen molar-refractivity contribution < 1.29 is 14.3 Å². The molecule has 0 aromatic heterocycles. The Morgan fingerprint density at radius 1 is 1.04 bits per heavy atom. The van der Waals surface area contributed by atoms with Crippen LogP contribution in [0, 0.1) is 6.92 Å². The van der Waals surface area contributed by atoms with Crippen molar-refractivity contribution in [3.8, 4) is 5.75 Å². The van der Waals surface area contributed by atoms with Crippen LogP contribution in [0.4, 0.5) is 10.5 Å². The van der Waals surface area contributed by atoms with Gasteiger partial charge in [-0.05, 0) is 56.2 Å². The molecule has 0 atom stereocenters. The Bertz CT molecular complexity index is 742. The molecule has 0 saturated carbocycles. The Labute approximate surface area is 153 Å². The lowest BCUT2D eigenvalue weighted by Gasteiger charge is -2.11. The summed E-state index contributed by atoms with van der Waals surface area (Å²) in [6.45, 7) is 6.18. The van der Waals surface area contributed by atoms with Crippen molar-refractivity contribution in [1.82, 2.24) is 10.6 Å². The van der Waals surface area contributed by atoms with Gasteiger partial charge in [-0.2, -0.15) is 0 Å². The Balaban J connectivity index is 1.70. The maximum Gasteiger partial charge on any atom is 0.319 e. The third-order valence-electron chi connectivity index (χ3n) is 3.47. The van der Waals surface area contributed by atoms with E-state index in [9.17, 15) is 9.59 Å². The van der Waals surface area contributed by atoms with Crippen molar-refractivity contribution in [3.63, 3.8) is 0 Å². The molecule has 0 spiro atoms. The van der Waals surface area contributed by atoms with Gasteiger partial charge in [0.1, 0.15) is 5.75 Å². The lowest BCUT2D eigenvalue weighted by molar-refractivity contribution is -0.120. The summed E-state index contributed by atoms with van der Waals surface area (Å²) in [7, 11) is 0. The highest BCUT2D eigenvalue weighted by atomic mass is 16.5. The summed E-state index contributed by atoms with van der Waals surface area (Å²) < 4.78 is 5.57. The van der Waals surface area contributed by atoms with Gasteiger partial charge >= 0.3 is 6.03 Å². The minimum Gasteiger partial charge on any atom is -0.491 e. The van der Waals surface area contributed by atoms with E-state index in [1.54, 1.807) is 6.07 Å². The number of amides is 3. The van der Waals surface area contributed by atoms with Gasteiger partial charge in [0, 0.05) is 12.2 Å². The molecule has 0 radical (unpaired) electrons. The van der Waals surface area contributed by atoms with E-state index < -0.39 is 6.03 Å². The molecule has 0 heterocycles. The summed E-state index contributed by atoms with van der Waals surface area (Å²) in [5, 5.41) is 7.99. The molecule has 2 aromatic carbocycles. The highest BCUT2D eigenvalue weighted by Crippen LogP contribution is 2.13. The van der Waals surface area contributed by atoms with Crippen molar-refractivity contribution in [1.29, 1.82) is 0 Å². The summed E-state index contributed by atoms with van der Waals surface area (Å²) in [5.74, 6) is 0.538. The fraction of sp³-hybridized carbons (Fsp3) is 0.300. The van der Waals surface area contributed by atoms with Crippen molar-refractivity contribution in [3.05, 3.63) is 59.7 Å². The Kier molecular flexibility index (Phi) is 7.02. The second kappa shape index (κ2) is 9.46. The first-order valence-corrected chi connectivity index (χ1v) is 8.56. The average Bonchev–Trinajstić information content (AvgIpc) is 2.59. The summed E-state index contributed by atoms with van der Waals surface area (Å²) in [4.78, 5) is 23.7. The first kappa shape index (κ1) is 19.3. The number of urea groups is 1. The molecule has 138 valence electrons. The van der Waals surface area contributed by atoms with E-state index in [1.165, 1.54) is 0 Å². The van der Waals surface area contributed by atoms with Crippen LogP contribution in [0.3, 0.4) is 0 Å². The van der Waals surface area contributed by atoms with E-state index in [1.807, 2.05) is 63.2 Å². The molecule has 0 bridgehead atoms. The fourth-order valence-electron chi connectivity index (χ4n) is 2.28. The number of carbonyl (C=O) groups is 2. The first-order chi connectivity index (χ1) is 12.4. The number of hydrogen-bond donors (Lipinski definition) is 3. The predicted molar refractivity (Wildman–Crippen MR) is 102 cm³/mol. The normalized spacial score (nSPS) is 10.3. The van der Waals surface area contributed by atoms with Crippen molar-refractivity contribution >= 4 is 17.6 Å². The molecule has 0 aliphatic rings. The summed E-state index contributed by atoms with van der Waals surface area (Å²) in [5.41, 5.74) is 2.69. The number of rotatable bonds is 7. The van der Waals surface area contributed by atoms with E-state index in [2.05, 4.69) is 16.0 Å². The second-order valence-electron chi connectivity index (χ2n) is 6.26. The molecule has 0 aliphatic carbocycles. The fourth-order valence-corrected chi connectivity index (χ4v) is 2.28. The standard InChI is InChI=1S/C20H25N3O3/c1-14(2)26-18-9-7-16(8-10-18)12-21-19(24)13-22-20(25)23-17-6-4-5-15(3)11-17/h4-11,14H,12-13H2,1-3H3,(H,21,24)(H2,22,23,25). The number of carbonyl (C=O) groups excluding carboxylic acids is 2. The van der Waals surface area contributed by atoms with Crippen LogP contribution in [0.1, 0.15) is 25.0 Å². The zero-order valence-corrected chi connectivity index (χ0v) is 15.3. The molecule has 3 N–H and O–H groups in total. The maximum absolute atomic E-state index is 11.9. The first-order valence-electron chi connectivity index (χ1n) is 8.56. The number of aryl methyl sites for hydroxylation is 1. The molecular weight excluding hydrogens is 330 g/mol. The average molecular weight is 355 g/mol. The molecule has 0 unspecified atom stereocenters. The Morgan fingerprint density at radius 2 is 1.77 bits per heavy atom. The van der Waals surface area contributed by atoms with E-state index in [0.717, 1.165) is 16.9 Å². The Morgan fingerprint density at radius 3 is 2.42 bits per heavy atom. The number of benzene rings is 2. The van der Waals surface area contributed by atoms with Gasteiger partial charge < -0.3 is 20.7 Å². The summed E-state index contributed by atoms with van der Waals surface area (Å²) in [6, 6.07) is 14.6. The molecule has 2 aromatic rings. The van der Waals surface area contributed by atoms with Crippen molar-refractivity contribution in [2.24, 2.45) is 0 Å². The van der Waals surface area contributed by atoms with Gasteiger partial charge in [-0.25, -0.2) is 4.79 Å². The molecular formula is C20H25N3O3. The van der Waals surface area contributed by atoms with Gasteiger partial charge in [0.15, 0.2) is 0 Å². The van der Waals surface area contributed by atoms with E-state index in [-0.39, 0.29) is 18.6 Å². The molecule has 0 saturated heterocycles. The minimum atomic E-state index is -0.416. The van der Waals surface area contributed by atoms with Crippen LogP contribution < -0.4 is 20.7 Å². The van der Waals surface area contributed by atoms with Crippen LogP contribution in [0.5, 0.6) is 5.75 Å². The third-order valence-corrected chi connectivity index (χ3v) is 3.47. The lowest BCUT2D eigenvalue weighted by atomic mass is 10.2. The van der Waals surface area contributed by atoms with Gasteiger partial charge in [-0.1, -0.05) is 24.3 Å². The van der Waals surface area contributed by atoms with Gasteiger partial charge in [-0.15, -0.1) is 0 Å². The topological polar surface area (TPSA) is 79.5 Å². The van der Waals surface area contributed by atoms with E-state index in [0.29, 0.717) is 12.2 Å². The van der Waals surface area contributed by atoms with Gasteiger partial charge in [0.2, 0.25) is 5.91 Å². The summed E-state index contributed by atoms with van der Waals surface area (Å²) in [6.07, 6.45) is 0.123. The van der Waals surface area contributed by atoms with Crippen LogP contribution in [0.2, 0.25) is 0 Å². The van der Waals surface area contributed by atoms with E-state index in [4.69, 9.17) is 4.74 Å². The molecule has 26 heavy (non-hydrogen) atoms. The second-order valence-corrected chi connectivity index (χ2v) is 6.26. The largest absolute Gasteiger partial charge is 0.491 e. The Hall–Kier alpha value is -3.02. The van der Waals surface area contributed by atoms with Crippen LogP contribution in [0.15, 0.2) is 48.5 Å². The number of nitrogens with one attached hydrogen (secondary N) is 3. The number of anilines is 1. The molecule has 3 amide bonds. The van der Waals surface area contributed by atoms with Crippen LogP contribution >= 0.6 is 0 Å². The monoisotopic (exact) mass is 355 g/mol. The molecule has 2 rings (SSSR count). The zero-order valence-electron chi connectivity index (χ0n) is 15.3. The van der Waals surface area contributed by atoms with Crippen LogP contribution in [-0.2, 0) is 11.3 Å². The van der Waals surface area contributed by atoms with Gasteiger partial charge in [0.25, 0.3) is 0 Å². The number of hydrogen-bond acceptors (Lipinski definition) is 3. The molecule has 0 fully saturated rings. The maximum atomic E-state index is 11.9. The number of ether oxygens (including phenoxy) is 1. The van der Waals surface area contributed by atoms with Crippen molar-refractivity contribution in [2.45, 2.75) is 33.4 Å². The quantitative estimate of drug-likeness (QED) is 0.713. The highest BCUT2D eigenvalue weighted by molar-refractivity contribution is 5.92. The van der Waals surface area contributed by atoms with Crippen molar-refractivity contribution in [2.75, 3.05) is 11.9 Å². The molecule has 6 heteroatoms. The van der Waals surface area contributed by atoms with E-state index >= 15 is 0 Å². The van der Waals surface area contributed by atoms with Gasteiger partial charge in [-0.3, -0.25) is 4.79 Å². The zero-order chi connectivity index (χ0) is 18.9. The highest BCUT2D eigenvalue weighted by Gasteiger charge is 2.06. The summed E-state index contributed by atoms with van der Waals surface area (Å²) >= 11 is 0. The van der Waals surface area contributed by atoms with Gasteiger partial charge in [0.05, 0.1) is 12.6 Å². The smallest absolute Gasteiger partial charge is 0.319 e. The SMILES string of the molecule is Cc1cccc(NC(=O)NCC(=O)NCc2ccc(OC(C)C)cc2)c1. The third kappa shape index (κ3) is 6.84. The molecule has 0 aliphatic heterocycles. The molecule has 6 nitrogen and oxygen atoms in total.